The number of amides is 1. The molecule has 3 nitrogen and oxygen atoms in total. The predicted molar refractivity (Wildman–Crippen MR) is 53.2 cm³/mol. The first-order valence-electron chi connectivity index (χ1n) is 4.38. The summed E-state index contributed by atoms with van der Waals surface area (Å²) in [6.45, 7) is 4.13. The Morgan fingerprint density at radius 3 is 2.93 bits per heavy atom. The van der Waals surface area contributed by atoms with Crippen molar-refractivity contribution in [3.63, 3.8) is 0 Å². The Bertz CT molecular complexity index is 398. The van der Waals surface area contributed by atoms with Gasteiger partial charge in [0.05, 0.1) is 11.3 Å². The van der Waals surface area contributed by atoms with Gasteiger partial charge in [0.15, 0.2) is 0 Å². The third-order valence-electron chi connectivity index (χ3n) is 2.29. The van der Waals surface area contributed by atoms with Crippen LogP contribution >= 0.6 is 0 Å². The molecular formula is C11H11NO2. The fourth-order valence-electron chi connectivity index (χ4n) is 1.35. The number of fused-ring (bicyclic) bond motifs is 1. The topological polar surface area (TPSA) is 29.5 Å². The van der Waals surface area contributed by atoms with Gasteiger partial charge in [0.25, 0.3) is 5.91 Å². The average molecular weight is 189 g/mol. The van der Waals surface area contributed by atoms with Crippen LogP contribution in [0.5, 0.6) is 5.75 Å². The number of hydrogen-bond acceptors (Lipinski definition) is 2. The molecule has 0 radical (unpaired) electrons. The van der Waals surface area contributed by atoms with Crippen molar-refractivity contribution < 1.29 is 9.53 Å². The molecule has 14 heavy (non-hydrogen) atoms. The molecule has 2 rings (SSSR count). The minimum absolute atomic E-state index is 0.0666. The summed E-state index contributed by atoms with van der Waals surface area (Å²) in [6.07, 6.45) is 0. The Kier molecular flexibility index (Phi) is 2.00. The lowest BCUT2D eigenvalue weighted by Crippen LogP contribution is -2.25. The van der Waals surface area contributed by atoms with Crippen LogP contribution in [0.3, 0.4) is 0 Å². The Morgan fingerprint density at radius 2 is 2.14 bits per heavy atom. The van der Waals surface area contributed by atoms with E-state index in [-0.39, 0.29) is 5.91 Å². The maximum Gasteiger partial charge on any atom is 0.261 e. The van der Waals surface area contributed by atoms with Crippen molar-refractivity contribution in [3.8, 4) is 5.75 Å². The van der Waals surface area contributed by atoms with Gasteiger partial charge in [0.1, 0.15) is 12.4 Å². The molecule has 0 aliphatic carbocycles. The van der Waals surface area contributed by atoms with Gasteiger partial charge in [0, 0.05) is 7.05 Å². The zero-order valence-electron chi connectivity index (χ0n) is 7.99. The number of ether oxygens (including phenoxy) is 1. The van der Waals surface area contributed by atoms with Crippen LogP contribution in [0.2, 0.25) is 0 Å². The van der Waals surface area contributed by atoms with Crippen molar-refractivity contribution in [1.29, 1.82) is 0 Å². The molecule has 0 atom stereocenters. The van der Waals surface area contributed by atoms with Gasteiger partial charge in [-0.05, 0) is 12.1 Å². The molecule has 0 unspecified atom stereocenters. The highest BCUT2D eigenvalue weighted by atomic mass is 16.5. The summed E-state index contributed by atoms with van der Waals surface area (Å²) in [5, 5.41) is 0. The second-order valence-electron chi connectivity index (χ2n) is 3.22. The molecule has 1 aromatic rings. The van der Waals surface area contributed by atoms with Crippen LogP contribution in [-0.4, -0.2) is 24.5 Å². The van der Waals surface area contributed by atoms with Gasteiger partial charge < -0.3 is 9.64 Å². The van der Waals surface area contributed by atoms with E-state index in [9.17, 15) is 4.79 Å². The SMILES string of the molecule is C=C1COc2ccccc2C(=O)N1C. The van der Waals surface area contributed by atoms with Crippen LogP contribution in [-0.2, 0) is 0 Å². The van der Waals surface area contributed by atoms with E-state index in [1.54, 1.807) is 19.2 Å². The standard InChI is InChI=1S/C11H11NO2/c1-8-7-14-10-6-4-3-5-9(10)11(13)12(8)2/h3-6H,1,7H2,2H3. The highest BCUT2D eigenvalue weighted by molar-refractivity contribution is 5.98. The Labute approximate surface area is 82.6 Å². The fraction of sp³-hybridized carbons (Fsp3) is 0.182. The molecule has 0 N–H and O–H groups in total. The highest BCUT2D eigenvalue weighted by Gasteiger charge is 2.22. The number of hydrogen-bond donors (Lipinski definition) is 0. The Hall–Kier alpha value is -1.77. The van der Waals surface area contributed by atoms with Crippen molar-refractivity contribution in [1.82, 2.24) is 4.90 Å². The Balaban J connectivity index is 2.50. The highest BCUT2D eigenvalue weighted by Crippen LogP contribution is 2.24. The molecule has 72 valence electrons. The molecule has 1 amide bonds. The monoisotopic (exact) mass is 189 g/mol. The van der Waals surface area contributed by atoms with Gasteiger partial charge in [-0.2, -0.15) is 0 Å². The van der Waals surface area contributed by atoms with E-state index in [1.807, 2.05) is 12.1 Å². The molecule has 0 saturated heterocycles. The van der Waals surface area contributed by atoms with Crippen molar-refractivity contribution in [2.24, 2.45) is 0 Å². The first kappa shape index (κ1) is 8.81. The van der Waals surface area contributed by atoms with Crippen LogP contribution in [0.4, 0.5) is 0 Å². The second-order valence-corrected chi connectivity index (χ2v) is 3.22. The molecular weight excluding hydrogens is 178 g/mol. The Morgan fingerprint density at radius 1 is 1.43 bits per heavy atom. The predicted octanol–water partition coefficient (Wildman–Crippen LogP) is 1.66. The van der Waals surface area contributed by atoms with E-state index in [2.05, 4.69) is 6.58 Å². The van der Waals surface area contributed by atoms with E-state index in [0.717, 1.165) is 0 Å². The molecule has 0 fully saturated rings. The third kappa shape index (κ3) is 1.27. The maximum atomic E-state index is 11.8. The lowest BCUT2D eigenvalue weighted by atomic mass is 10.2. The zero-order chi connectivity index (χ0) is 10.1. The molecule has 0 bridgehead atoms. The third-order valence-corrected chi connectivity index (χ3v) is 2.29. The summed E-state index contributed by atoms with van der Waals surface area (Å²) in [7, 11) is 1.70. The summed E-state index contributed by atoms with van der Waals surface area (Å²) in [5.41, 5.74) is 1.26. The fourth-order valence-corrected chi connectivity index (χ4v) is 1.35. The van der Waals surface area contributed by atoms with E-state index >= 15 is 0 Å². The van der Waals surface area contributed by atoms with E-state index in [4.69, 9.17) is 4.74 Å². The molecule has 1 aromatic carbocycles. The first-order chi connectivity index (χ1) is 6.70. The second kappa shape index (κ2) is 3.18. The number of para-hydroxylation sites is 1. The summed E-state index contributed by atoms with van der Waals surface area (Å²) < 4.78 is 5.44. The molecule has 1 aliphatic rings. The van der Waals surface area contributed by atoms with Gasteiger partial charge in [0.2, 0.25) is 0 Å². The summed E-state index contributed by atoms with van der Waals surface area (Å²) in [6, 6.07) is 7.22. The van der Waals surface area contributed by atoms with Crippen LogP contribution in [0.25, 0.3) is 0 Å². The number of nitrogens with zero attached hydrogens (tertiary/aromatic N) is 1. The van der Waals surface area contributed by atoms with Crippen molar-refractivity contribution in [3.05, 3.63) is 42.1 Å². The van der Waals surface area contributed by atoms with E-state index in [0.29, 0.717) is 23.6 Å². The molecule has 1 aliphatic heterocycles. The van der Waals surface area contributed by atoms with Gasteiger partial charge in [-0.3, -0.25) is 4.79 Å². The lowest BCUT2D eigenvalue weighted by Gasteiger charge is -2.14. The van der Waals surface area contributed by atoms with Crippen molar-refractivity contribution >= 4 is 5.91 Å². The molecule has 0 saturated carbocycles. The van der Waals surface area contributed by atoms with Crippen molar-refractivity contribution in [2.75, 3.05) is 13.7 Å². The smallest absolute Gasteiger partial charge is 0.261 e. The molecule has 3 heteroatoms. The largest absolute Gasteiger partial charge is 0.487 e. The minimum atomic E-state index is -0.0666. The number of carbonyl (C=O) groups is 1. The number of rotatable bonds is 0. The van der Waals surface area contributed by atoms with Crippen molar-refractivity contribution in [2.45, 2.75) is 0 Å². The number of benzene rings is 1. The number of likely N-dealkylation sites (N-methyl/N-ethyl adjacent to an activating group) is 1. The first-order valence-corrected chi connectivity index (χ1v) is 4.38. The van der Waals surface area contributed by atoms with Gasteiger partial charge in [-0.1, -0.05) is 18.7 Å². The van der Waals surface area contributed by atoms with Crippen LogP contribution in [0.15, 0.2) is 36.5 Å². The van der Waals surface area contributed by atoms with Crippen LogP contribution < -0.4 is 4.74 Å². The van der Waals surface area contributed by atoms with Gasteiger partial charge >= 0.3 is 0 Å². The molecule has 0 aromatic heterocycles. The van der Waals surface area contributed by atoms with Gasteiger partial charge in [-0.15, -0.1) is 0 Å². The lowest BCUT2D eigenvalue weighted by molar-refractivity contribution is 0.0837. The summed E-state index contributed by atoms with van der Waals surface area (Å²) >= 11 is 0. The normalized spacial score (nSPS) is 15.9. The zero-order valence-corrected chi connectivity index (χ0v) is 7.99. The maximum absolute atomic E-state index is 11.8. The van der Waals surface area contributed by atoms with Crippen LogP contribution in [0.1, 0.15) is 10.4 Å². The quantitative estimate of drug-likeness (QED) is 0.621. The van der Waals surface area contributed by atoms with Gasteiger partial charge in [-0.25, -0.2) is 0 Å². The van der Waals surface area contributed by atoms with E-state index < -0.39 is 0 Å². The van der Waals surface area contributed by atoms with Crippen LogP contribution in [0, 0.1) is 0 Å². The minimum Gasteiger partial charge on any atom is -0.487 e. The summed E-state index contributed by atoms with van der Waals surface area (Å²) in [4.78, 5) is 13.4. The van der Waals surface area contributed by atoms with E-state index in [1.165, 1.54) is 4.90 Å². The summed E-state index contributed by atoms with van der Waals surface area (Å²) in [5.74, 6) is 0.561. The number of carbonyl (C=O) groups excluding carboxylic acids is 1. The molecule has 0 spiro atoms. The average Bonchev–Trinajstić information content (AvgIpc) is 2.32. The molecule has 1 heterocycles.